The van der Waals surface area contributed by atoms with Crippen molar-refractivity contribution < 1.29 is 14.6 Å². The van der Waals surface area contributed by atoms with Crippen LogP contribution in [0.2, 0.25) is 0 Å². The van der Waals surface area contributed by atoms with Gasteiger partial charge in [-0.15, -0.1) is 0 Å². The predicted octanol–water partition coefficient (Wildman–Crippen LogP) is 12.7. The van der Waals surface area contributed by atoms with E-state index in [1.54, 1.807) is 0 Å². The van der Waals surface area contributed by atoms with E-state index in [4.69, 9.17) is 4.74 Å². The number of piperazine rings is 1. The van der Waals surface area contributed by atoms with Gasteiger partial charge in [0.25, 0.3) is 0 Å². The van der Waals surface area contributed by atoms with Crippen molar-refractivity contribution in [2.45, 2.75) is 200 Å². The zero-order chi connectivity index (χ0) is 37.4. The summed E-state index contributed by atoms with van der Waals surface area (Å²) in [6.45, 7) is 10.6. The van der Waals surface area contributed by atoms with Gasteiger partial charge in [0.1, 0.15) is 6.10 Å². The highest BCUT2D eigenvalue weighted by Crippen LogP contribution is 2.18. The molecule has 0 unspecified atom stereocenters. The highest BCUT2D eigenvalue weighted by Gasteiger charge is 2.18. The molecule has 1 heterocycles. The summed E-state index contributed by atoms with van der Waals surface area (Å²) in [5, 5.41) is 9.18. The molecule has 1 aliphatic heterocycles. The van der Waals surface area contributed by atoms with E-state index in [2.05, 4.69) is 72.3 Å². The highest BCUT2D eigenvalue weighted by molar-refractivity contribution is 5.69. The molecular formula is C47H86N2O3. The molecular weight excluding hydrogens is 641 g/mol. The number of hydrogen-bond donors (Lipinski definition) is 1. The minimum Gasteiger partial charge on any atom is -0.462 e. The third-order valence-electron chi connectivity index (χ3n) is 10.5. The number of esters is 1. The first-order valence-electron chi connectivity index (χ1n) is 22.5. The summed E-state index contributed by atoms with van der Waals surface area (Å²) in [6, 6.07) is 0. The predicted molar refractivity (Wildman–Crippen MR) is 227 cm³/mol. The third-order valence-corrected chi connectivity index (χ3v) is 10.5. The summed E-state index contributed by atoms with van der Waals surface area (Å²) in [5.74, 6) is 0.00370. The number of allylic oxidation sites excluding steroid dienone is 8. The SMILES string of the molecule is CCCCC/C=C\C/C=C\CCCCCCCCC(CCCCCCCC/C=C\C/C=C\CCCCC)OC(=O)CCCN1CCN(CCO)CC1. The van der Waals surface area contributed by atoms with Crippen molar-refractivity contribution in [2.75, 3.05) is 45.9 Å². The molecule has 0 spiro atoms. The van der Waals surface area contributed by atoms with Gasteiger partial charge in [-0.25, -0.2) is 0 Å². The zero-order valence-electron chi connectivity index (χ0n) is 34.6. The molecule has 1 saturated heterocycles. The van der Waals surface area contributed by atoms with Gasteiger partial charge in [-0.05, 0) is 103 Å². The van der Waals surface area contributed by atoms with Gasteiger partial charge in [0, 0.05) is 39.1 Å². The second kappa shape index (κ2) is 39.0. The molecule has 5 nitrogen and oxygen atoms in total. The van der Waals surface area contributed by atoms with E-state index in [0.717, 1.165) is 71.4 Å². The lowest BCUT2D eigenvalue weighted by Crippen LogP contribution is -2.47. The first-order chi connectivity index (χ1) is 25.7. The molecule has 52 heavy (non-hydrogen) atoms. The first kappa shape index (κ1) is 48.3. The maximum Gasteiger partial charge on any atom is 0.306 e. The molecule has 0 aromatic heterocycles. The molecule has 1 aliphatic rings. The largest absolute Gasteiger partial charge is 0.462 e. The summed E-state index contributed by atoms with van der Waals surface area (Å²) in [4.78, 5) is 17.6. The number of carbonyl (C=O) groups excluding carboxylic acids is 1. The molecule has 0 saturated carbocycles. The summed E-state index contributed by atoms with van der Waals surface area (Å²) >= 11 is 0. The Hall–Kier alpha value is -1.69. The third kappa shape index (κ3) is 32.9. The molecule has 1 N–H and O–H groups in total. The fourth-order valence-electron chi connectivity index (χ4n) is 7.05. The number of β-amino-alcohol motifs (C(OH)–C–C–N with tert-alkyl or cyclic N) is 1. The van der Waals surface area contributed by atoms with Crippen molar-refractivity contribution >= 4 is 5.97 Å². The Morgan fingerprint density at radius 1 is 0.519 bits per heavy atom. The Kier molecular flexibility index (Phi) is 36.3. The summed E-state index contributed by atoms with van der Waals surface area (Å²) in [5.41, 5.74) is 0. The number of aliphatic hydroxyl groups excluding tert-OH is 1. The van der Waals surface area contributed by atoms with E-state index in [0.29, 0.717) is 6.42 Å². The van der Waals surface area contributed by atoms with E-state index in [-0.39, 0.29) is 18.7 Å². The van der Waals surface area contributed by atoms with Gasteiger partial charge < -0.3 is 14.7 Å². The fourth-order valence-corrected chi connectivity index (χ4v) is 7.05. The number of hydrogen-bond acceptors (Lipinski definition) is 5. The maximum atomic E-state index is 12.9. The van der Waals surface area contributed by atoms with E-state index in [1.807, 2.05) is 0 Å². The number of carbonyl (C=O) groups is 1. The minimum atomic E-state index is 0.00370. The molecule has 0 amide bonds. The van der Waals surface area contributed by atoms with Crippen LogP contribution in [0.25, 0.3) is 0 Å². The standard InChI is InChI=1S/C47H86N2O3/c1-3-5-7-9-11-13-15-17-19-21-23-25-27-29-31-33-36-46(52-47(51)38-35-39-48-40-42-49(43-41-48)44-45-50)37-34-32-30-28-26-24-22-20-18-16-14-12-10-8-6-4-2/h11-14,17-20,46,50H,3-10,15-16,21-45H2,1-2H3/b13-11-,14-12-,19-17-,20-18-. The quantitative estimate of drug-likeness (QED) is 0.0392. The first-order valence-corrected chi connectivity index (χ1v) is 22.5. The number of nitrogens with zero attached hydrogens (tertiary/aromatic N) is 2. The average molecular weight is 727 g/mol. The molecule has 1 fully saturated rings. The van der Waals surface area contributed by atoms with E-state index in [1.165, 1.54) is 141 Å². The van der Waals surface area contributed by atoms with Crippen LogP contribution in [0.5, 0.6) is 0 Å². The Balaban J connectivity index is 2.23. The van der Waals surface area contributed by atoms with Crippen molar-refractivity contribution in [3.8, 4) is 0 Å². The summed E-state index contributed by atoms with van der Waals surface area (Å²) in [6.07, 6.45) is 52.5. The Morgan fingerprint density at radius 2 is 0.904 bits per heavy atom. The van der Waals surface area contributed by atoms with Crippen molar-refractivity contribution in [1.82, 2.24) is 9.80 Å². The van der Waals surface area contributed by atoms with Gasteiger partial charge in [-0.3, -0.25) is 9.69 Å². The van der Waals surface area contributed by atoms with Crippen LogP contribution >= 0.6 is 0 Å². The molecule has 302 valence electrons. The monoisotopic (exact) mass is 727 g/mol. The molecule has 1 rings (SSSR count). The summed E-state index contributed by atoms with van der Waals surface area (Å²) in [7, 11) is 0. The van der Waals surface area contributed by atoms with E-state index < -0.39 is 0 Å². The molecule has 0 bridgehead atoms. The minimum absolute atomic E-state index is 0.00370. The molecule has 0 radical (unpaired) electrons. The second-order valence-corrected chi connectivity index (χ2v) is 15.4. The van der Waals surface area contributed by atoms with Crippen LogP contribution in [0, 0.1) is 0 Å². The summed E-state index contributed by atoms with van der Waals surface area (Å²) < 4.78 is 6.12. The van der Waals surface area contributed by atoms with Crippen molar-refractivity contribution in [2.24, 2.45) is 0 Å². The number of rotatable bonds is 37. The van der Waals surface area contributed by atoms with Crippen molar-refractivity contribution in [3.05, 3.63) is 48.6 Å². The average Bonchev–Trinajstić information content (AvgIpc) is 3.15. The number of unbranched alkanes of at least 4 members (excludes halogenated alkanes) is 18. The van der Waals surface area contributed by atoms with Gasteiger partial charge in [0.15, 0.2) is 0 Å². The van der Waals surface area contributed by atoms with Crippen LogP contribution in [-0.4, -0.2) is 72.9 Å². The lowest BCUT2D eigenvalue weighted by Gasteiger charge is -2.34. The zero-order valence-corrected chi connectivity index (χ0v) is 34.6. The van der Waals surface area contributed by atoms with Gasteiger partial charge in [0.05, 0.1) is 6.61 Å². The normalized spacial score (nSPS) is 14.8. The van der Waals surface area contributed by atoms with Crippen LogP contribution in [0.4, 0.5) is 0 Å². The Morgan fingerprint density at radius 3 is 1.33 bits per heavy atom. The topological polar surface area (TPSA) is 53.0 Å². The van der Waals surface area contributed by atoms with Gasteiger partial charge in [0.2, 0.25) is 0 Å². The van der Waals surface area contributed by atoms with E-state index in [9.17, 15) is 9.90 Å². The van der Waals surface area contributed by atoms with Crippen LogP contribution in [0.15, 0.2) is 48.6 Å². The smallest absolute Gasteiger partial charge is 0.306 e. The lowest BCUT2D eigenvalue weighted by atomic mass is 10.0. The molecule has 0 aliphatic carbocycles. The van der Waals surface area contributed by atoms with Crippen LogP contribution in [0.1, 0.15) is 194 Å². The van der Waals surface area contributed by atoms with Gasteiger partial charge in [-0.2, -0.15) is 0 Å². The van der Waals surface area contributed by atoms with Gasteiger partial charge >= 0.3 is 5.97 Å². The number of aliphatic hydroxyl groups is 1. The molecule has 0 atom stereocenters. The second-order valence-electron chi connectivity index (χ2n) is 15.4. The molecule has 0 aromatic rings. The number of ether oxygens (including phenoxy) is 1. The molecule has 0 aromatic carbocycles. The van der Waals surface area contributed by atoms with Crippen molar-refractivity contribution in [3.63, 3.8) is 0 Å². The fraction of sp³-hybridized carbons (Fsp3) is 0.809. The van der Waals surface area contributed by atoms with Crippen LogP contribution in [-0.2, 0) is 9.53 Å². The Bertz CT molecular complexity index is 826. The maximum absolute atomic E-state index is 12.9. The van der Waals surface area contributed by atoms with E-state index >= 15 is 0 Å². The van der Waals surface area contributed by atoms with Crippen LogP contribution in [0.3, 0.4) is 0 Å². The van der Waals surface area contributed by atoms with Crippen molar-refractivity contribution in [1.29, 1.82) is 0 Å². The molecule has 5 heteroatoms. The Labute approximate surface area is 323 Å². The lowest BCUT2D eigenvalue weighted by molar-refractivity contribution is -0.150. The van der Waals surface area contributed by atoms with Crippen LogP contribution < -0.4 is 0 Å². The van der Waals surface area contributed by atoms with Gasteiger partial charge in [-0.1, -0.05) is 140 Å². The highest BCUT2D eigenvalue weighted by atomic mass is 16.5.